The maximum Gasteiger partial charge on any atom is 0.273 e. The number of H-pyrrole nitrogens is 1. The second-order valence-electron chi connectivity index (χ2n) is 6.56. The van der Waals surface area contributed by atoms with E-state index >= 15 is 0 Å². The Labute approximate surface area is 145 Å². The number of hydrogen-bond donors (Lipinski definition) is 2. The van der Waals surface area contributed by atoms with Crippen molar-refractivity contribution in [3.8, 4) is 0 Å². The molecule has 1 saturated heterocycles. The van der Waals surface area contributed by atoms with Crippen molar-refractivity contribution < 1.29 is 4.79 Å². The molecule has 25 heavy (non-hydrogen) atoms. The Morgan fingerprint density at radius 3 is 2.56 bits per heavy atom. The van der Waals surface area contributed by atoms with Gasteiger partial charge in [0.2, 0.25) is 5.91 Å². The number of hydrogen-bond acceptors (Lipinski definition) is 4. The Morgan fingerprint density at radius 2 is 1.88 bits per heavy atom. The molecule has 2 heterocycles. The Morgan fingerprint density at radius 1 is 1.20 bits per heavy atom. The third-order valence-corrected chi connectivity index (χ3v) is 4.68. The predicted octanol–water partition coefficient (Wildman–Crippen LogP) is 0.680. The Balaban J connectivity index is 1.66. The normalized spacial score (nSPS) is 16.2. The number of benzene rings is 1. The summed E-state index contributed by atoms with van der Waals surface area (Å²) in [5.41, 5.74) is -0.723. The SMILES string of the molecule is CCCN1CCC(NC(=O)Cn2[nH]c(=O)c3ccccc3c2=O)CC1. The average molecular weight is 344 g/mol. The monoisotopic (exact) mass is 344 g/mol. The molecule has 0 unspecified atom stereocenters. The van der Waals surface area contributed by atoms with Gasteiger partial charge in [0.05, 0.1) is 10.8 Å². The van der Waals surface area contributed by atoms with Crippen LogP contribution in [0, 0.1) is 0 Å². The van der Waals surface area contributed by atoms with Gasteiger partial charge in [-0.05, 0) is 37.9 Å². The molecule has 0 saturated carbocycles. The minimum absolute atomic E-state index is 0.128. The first-order chi connectivity index (χ1) is 12.1. The Bertz CT molecular complexity index is 862. The topological polar surface area (TPSA) is 87.2 Å². The zero-order valence-electron chi connectivity index (χ0n) is 14.5. The van der Waals surface area contributed by atoms with Crippen LogP contribution in [0.3, 0.4) is 0 Å². The molecule has 1 aliphatic rings. The van der Waals surface area contributed by atoms with Crippen molar-refractivity contribution in [3.05, 3.63) is 45.0 Å². The van der Waals surface area contributed by atoms with E-state index in [0.29, 0.717) is 10.8 Å². The molecular formula is C18H24N4O3. The smallest absolute Gasteiger partial charge is 0.273 e. The van der Waals surface area contributed by atoms with Crippen LogP contribution >= 0.6 is 0 Å². The Hall–Kier alpha value is -2.41. The summed E-state index contributed by atoms with van der Waals surface area (Å²) in [6.07, 6.45) is 2.96. The van der Waals surface area contributed by atoms with Crippen molar-refractivity contribution in [2.24, 2.45) is 0 Å². The van der Waals surface area contributed by atoms with Crippen molar-refractivity contribution in [1.82, 2.24) is 20.0 Å². The minimum atomic E-state index is -0.365. The van der Waals surface area contributed by atoms with Gasteiger partial charge in [-0.2, -0.15) is 0 Å². The molecule has 2 aromatic rings. The van der Waals surface area contributed by atoms with Crippen molar-refractivity contribution in [3.63, 3.8) is 0 Å². The number of nitrogens with one attached hydrogen (secondary N) is 2. The molecule has 134 valence electrons. The van der Waals surface area contributed by atoms with Crippen LogP contribution in [0.1, 0.15) is 26.2 Å². The van der Waals surface area contributed by atoms with E-state index in [-0.39, 0.29) is 29.6 Å². The molecule has 1 aromatic heterocycles. The second kappa shape index (κ2) is 7.65. The summed E-state index contributed by atoms with van der Waals surface area (Å²) in [5.74, 6) is -0.248. The molecule has 1 aliphatic heterocycles. The zero-order chi connectivity index (χ0) is 17.8. The number of piperidine rings is 1. The third-order valence-electron chi connectivity index (χ3n) is 4.68. The summed E-state index contributed by atoms with van der Waals surface area (Å²) in [6, 6.07) is 6.74. The number of fused-ring (bicyclic) bond motifs is 1. The minimum Gasteiger partial charge on any atom is -0.352 e. The lowest BCUT2D eigenvalue weighted by molar-refractivity contribution is -0.122. The molecule has 7 heteroatoms. The number of carbonyl (C=O) groups excluding carboxylic acids is 1. The van der Waals surface area contributed by atoms with Gasteiger partial charge in [-0.3, -0.25) is 19.5 Å². The molecule has 0 bridgehead atoms. The number of aromatic nitrogens is 2. The third kappa shape index (κ3) is 3.99. The van der Waals surface area contributed by atoms with Crippen molar-refractivity contribution >= 4 is 16.7 Å². The number of amides is 1. The van der Waals surface area contributed by atoms with E-state index in [4.69, 9.17) is 0 Å². The number of rotatable bonds is 5. The number of carbonyl (C=O) groups is 1. The van der Waals surface area contributed by atoms with Crippen molar-refractivity contribution in [1.29, 1.82) is 0 Å². The van der Waals surface area contributed by atoms with E-state index in [1.54, 1.807) is 24.3 Å². The average Bonchev–Trinajstić information content (AvgIpc) is 2.61. The standard InChI is InChI=1S/C18H24N4O3/c1-2-9-21-10-7-13(8-11-21)19-16(23)12-22-18(25)15-6-4-3-5-14(15)17(24)20-22/h3-6,13H,2,7-12H2,1H3,(H,19,23)(H,20,24). The molecule has 0 atom stereocenters. The van der Waals surface area contributed by atoms with Crippen LogP contribution in [-0.2, 0) is 11.3 Å². The molecule has 0 spiro atoms. The summed E-state index contributed by atoms with van der Waals surface area (Å²) < 4.78 is 1.09. The zero-order valence-corrected chi connectivity index (χ0v) is 14.5. The van der Waals surface area contributed by atoms with E-state index in [1.165, 1.54) is 0 Å². The van der Waals surface area contributed by atoms with Crippen molar-refractivity contribution in [2.75, 3.05) is 19.6 Å². The molecule has 3 rings (SSSR count). The van der Waals surface area contributed by atoms with Gasteiger partial charge in [0.15, 0.2) is 0 Å². The van der Waals surface area contributed by atoms with Gasteiger partial charge in [-0.1, -0.05) is 19.1 Å². The Kier molecular flexibility index (Phi) is 5.33. The summed E-state index contributed by atoms with van der Waals surface area (Å²) >= 11 is 0. The van der Waals surface area contributed by atoms with Gasteiger partial charge in [0.25, 0.3) is 11.1 Å². The van der Waals surface area contributed by atoms with Crippen LogP contribution in [0.15, 0.2) is 33.9 Å². The fraction of sp³-hybridized carbons (Fsp3) is 0.500. The maximum absolute atomic E-state index is 12.4. The molecule has 1 aromatic carbocycles. The van der Waals surface area contributed by atoms with Crippen LogP contribution in [0.2, 0.25) is 0 Å². The van der Waals surface area contributed by atoms with Crippen LogP contribution in [0.4, 0.5) is 0 Å². The summed E-state index contributed by atoms with van der Waals surface area (Å²) in [4.78, 5) is 39.2. The van der Waals surface area contributed by atoms with Gasteiger partial charge >= 0.3 is 0 Å². The molecule has 7 nitrogen and oxygen atoms in total. The van der Waals surface area contributed by atoms with E-state index in [9.17, 15) is 14.4 Å². The number of aromatic amines is 1. The maximum atomic E-state index is 12.4. The molecule has 1 fully saturated rings. The summed E-state index contributed by atoms with van der Waals surface area (Å²) in [7, 11) is 0. The molecular weight excluding hydrogens is 320 g/mol. The van der Waals surface area contributed by atoms with Crippen LogP contribution in [0.25, 0.3) is 10.8 Å². The molecule has 0 aliphatic carbocycles. The number of likely N-dealkylation sites (tertiary alicyclic amines) is 1. The van der Waals surface area contributed by atoms with Gasteiger partial charge in [-0.15, -0.1) is 0 Å². The predicted molar refractivity (Wildman–Crippen MR) is 96.7 cm³/mol. The van der Waals surface area contributed by atoms with Crippen LogP contribution in [-0.4, -0.2) is 46.3 Å². The second-order valence-corrected chi connectivity index (χ2v) is 6.56. The molecule has 0 radical (unpaired) electrons. The highest BCUT2D eigenvalue weighted by atomic mass is 16.2. The fourth-order valence-electron chi connectivity index (χ4n) is 3.39. The van der Waals surface area contributed by atoms with Crippen molar-refractivity contribution in [2.45, 2.75) is 38.8 Å². The highest BCUT2D eigenvalue weighted by Crippen LogP contribution is 2.10. The first-order valence-electron chi connectivity index (χ1n) is 8.82. The lowest BCUT2D eigenvalue weighted by Gasteiger charge is -2.32. The number of nitrogens with zero attached hydrogens (tertiary/aromatic N) is 2. The lowest BCUT2D eigenvalue weighted by Crippen LogP contribution is -2.46. The van der Waals surface area contributed by atoms with E-state index in [1.807, 2.05) is 0 Å². The van der Waals surface area contributed by atoms with E-state index < -0.39 is 0 Å². The lowest BCUT2D eigenvalue weighted by atomic mass is 10.0. The highest BCUT2D eigenvalue weighted by molar-refractivity contribution is 5.81. The quantitative estimate of drug-likeness (QED) is 0.835. The van der Waals surface area contributed by atoms with Gasteiger partial charge in [0.1, 0.15) is 6.54 Å². The van der Waals surface area contributed by atoms with Gasteiger partial charge in [0, 0.05) is 19.1 Å². The fourth-order valence-corrected chi connectivity index (χ4v) is 3.39. The van der Waals surface area contributed by atoms with E-state index in [2.05, 4.69) is 22.2 Å². The first kappa shape index (κ1) is 17.4. The van der Waals surface area contributed by atoms with Crippen LogP contribution in [0.5, 0.6) is 0 Å². The molecule has 2 N–H and O–H groups in total. The van der Waals surface area contributed by atoms with Gasteiger partial charge in [-0.25, -0.2) is 4.68 Å². The summed E-state index contributed by atoms with van der Waals surface area (Å²) in [6.45, 7) is 5.04. The first-order valence-corrected chi connectivity index (χ1v) is 8.82. The largest absolute Gasteiger partial charge is 0.352 e. The van der Waals surface area contributed by atoms with E-state index in [0.717, 1.165) is 43.6 Å². The van der Waals surface area contributed by atoms with Crippen LogP contribution < -0.4 is 16.4 Å². The highest BCUT2D eigenvalue weighted by Gasteiger charge is 2.20. The van der Waals surface area contributed by atoms with Gasteiger partial charge < -0.3 is 10.2 Å². The summed E-state index contributed by atoms with van der Waals surface area (Å²) in [5, 5.41) is 6.13. The molecule has 1 amide bonds.